The van der Waals surface area contributed by atoms with Gasteiger partial charge in [0.05, 0.1) is 5.02 Å². The van der Waals surface area contributed by atoms with Gasteiger partial charge in [-0.2, -0.15) is 11.8 Å². The molecule has 0 aliphatic rings. The quantitative estimate of drug-likeness (QED) is 0.785. The first kappa shape index (κ1) is 11.8. The number of hydrogen-bond donors (Lipinski definition) is 1. The van der Waals surface area contributed by atoms with Crippen molar-refractivity contribution in [3.8, 4) is 0 Å². The normalized spacial score (nSPS) is 10.5. The summed E-state index contributed by atoms with van der Waals surface area (Å²) in [6.45, 7) is 1.69. The fourth-order valence-corrected chi connectivity index (χ4v) is 1.61. The van der Waals surface area contributed by atoms with Crippen LogP contribution in [-0.4, -0.2) is 18.6 Å². The van der Waals surface area contributed by atoms with E-state index in [9.17, 15) is 4.39 Å². The fourth-order valence-electron chi connectivity index (χ4n) is 1.06. The van der Waals surface area contributed by atoms with Crippen LogP contribution in [0.25, 0.3) is 0 Å². The molecule has 0 saturated carbocycles. The summed E-state index contributed by atoms with van der Waals surface area (Å²) in [7, 11) is 0. The number of hydrogen-bond acceptors (Lipinski definition) is 2. The summed E-state index contributed by atoms with van der Waals surface area (Å²) in [5, 5.41) is 3.44. The molecule has 0 spiro atoms. The van der Waals surface area contributed by atoms with Gasteiger partial charge in [0.15, 0.2) is 0 Å². The van der Waals surface area contributed by atoms with Crippen LogP contribution >= 0.6 is 23.4 Å². The number of benzene rings is 1. The lowest BCUT2D eigenvalue weighted by Crippen LogP contribution is -2.16. The summed E-state index contributed by atoms with van der Waals surface area (Å²) in [4.78, 5) is 0. The first-order chi connectivity index (χ1) is 6.74. The van der Waals surface area contributed by atoms with Gasteiger partial charge in [-0.25, -0.2) is 4.39 Å². The summed E-state index contributed by atoms with van der Waals surface area (Å²) < 4.78 is 12.8. The van der Waals surface area contributed by atoms with Gasteiger partial charge in [-0.15, -0.1) is 0 Å². The van der Waals surface area contributed by atoms with Crippen LogP contribution in [-0.2, 0) is 6.54 Å². The van der Waals surface area contributed by atoms with Gasteiger partial charge in [0, 0.05) is 18.8 Å². The van der Waals surface area contributed by atoms with E-state index in [1.807, 2.05) is 0 Å². The van der Waals surface area contributed by atoms with E-state index in [0.29, 0.717) is 0 Å². The zero-order chi connectivity index (χ0) is 10.4. The Bertz CT molecular complexity index is 293. The highest BCUT2D eigenvalue weighted by molar-refractivity contribution is 7.98. The zero-order valence-electron chi connectivity index (χ0n) is 8.02. The first-order valence-electron chi connectivity index (χ1n) is 4.37. The number of rotatable bonds is 5. The predicted octanol–water partition coefficient (Wildman–Crippen LogP) is 2.93. The third kappa shape index (κ3) is 3.86. The molecule has 4 heteroatoms. The Morgan fingerprint density at radius 1 is 1.50 bits per heavy atom. The number of nitrogens with one attached hydrogen (secondary N) is 1. The van der Waals surface area contributed by atoms with Crippen molar-refractivity contribution in [1.82, 2.24) is 5.32 Å². The van der Waals surface area contributed by atoms with E-state index in [1.54, 1.807) is 23.9 Å². The molecule has 0 bridgehead atoms. The van der Waals surface area contributed by atoms with E-state index >= 15 is 0 Å². The number of halogens is 2. The van der Waals surface area contributed by atoms with E-state index < -0.39 is 0 Å². The van der Waals surface area contributed by atoms with Gasteiger partial charge in [-0.3, -0.25) is 0 Å². The summed E-state index contributed by atoms with van der Waals surface area (Å²) >= 11 is 7.44. The first-order valence-corrected chi connectivity index (χ1v) is 6.15. The second-order valence-electron chi connectivity index (χ2n) is 2.92. The van der Waals surface area contributed by atoms with Crippen LogP contribution in [0.2, 0.25) is 5.02 Å². The van der Waals surface area contributed by atoms with Crippen molar-refractivity contribution >= 4 is 23.4 Å². The minimum absolute atomic E-state index is 0.189. The van der Waals surface area contributed by atoms with Crippen LogP contribution in [0, 0.1) is 5.82 Å². The third-order valence-corrected chi connectivity index (χ3v) is 2.70. The Balaban J connectivity index is 2.39. The van der Waals surface area contributed by atoms with Gasteiger partial charge in [-0.05, 0) is 24.0 Å². The monoisotopic (exact) mass is 233 g/mol. The molecule has 14 heavy (non-hydrogen) atoms. The van der Waals surface area contributed by atoms with Gasteiger partial charge in [0.2, 0.25) is 0 Å². The largest absolute Gasteiger partial charge is 0.312 e. The smallest absolute Gasteiger partial charge is 0.141 e. The third-order valence-electron chi connectivity index (χ3n) is 1.80. The van der Waals surface area contributed by atoms with Crippen molar-refractivity contribution in [3.05, 3.63) is 34.6 Å². The maximum absolute atomic E-state index is 12.8. The van der Waals surface area contributed by atoms with E-state index in [0.717, 1.165) is 24.4 Å². The Morgan fingerprint density at radius 2 is 2.29 bits per heavy atom. The van der Waals surface area contributed by atoms with Crippen molar-refractivity contribution < 1.29 is 4.39 Å². The molecule has 0 atom stereocenters. The molecule has 78 valence electrons. The highest BCUT2D eigenvalue weighted by atomic mass is 35.5. The average molecular weight is 234 g/mol. The van der Waals surface area contributed by atoms with Gasteiger partial charge < -0.3 is 5.32 Å². The van der Waals surface area contributed by atoms with Crippen LogP contribution in [0.4, 0.5) is 4.39 Å². The summed E-state index contributed by atoms with van der Waals surface area (Å²) in [6, 6.07) is 4.80. The molecule has 1 nitrogen and oxygen atoms in total. The molecule has 0 heterocycles. The highest BCUT2D eigenvalue weighted by Crippen LogP contribution is 2.15. The fraction of sp³-hybridized carbons (Fsp3) is 0.400. The molecule has 1 aromatic carbocycles. The SMILES string of the molecule is CSCCNCc1ccc(F)c(Cl)c1. The molecular weight excluding hydrogens is 221 g/mol. The molecule has 1 N–H and O–H groups in total. The lowest BCUT2D eigenvalue weighted by molar-refractivity contribution is 0.626. The van der Waals surface area contributed by atoms with Crippen molar-refractivity contribution in [1.29, 1.82) is 0 Å². The summed E-state index contributed by atoms with van der Waals surface area (Å²) in [5.74, 6) is 0.717. The molecular formula is C10H13ClFNS. The molecule has 1 aromatic rings. The van der Waals surface area contributed by atoms with Gasteiger partial charge in [-0.1, -0.05) is 17.7 Å². The Kier molecular flexibility index (Phi) is 5.30. The Hall–Kier alpha value is -0.250. The van der Waals surface area contributed by atoms with Crippen molar-refractivity contribution in [2.75, 3.05) is 18.6 Å². The molecule has 0 aliphatic carbocycles. The molecule has 0 saturated heterocycles. The topological polar surface area (TPSA) is 12.0 Å². The van der Waals surface area contributed by atoms with Crippen LogP contribution in [0.5, 0.6) is 0 Å². The predicted molar refractivity (Wildman–Crippen MR) is 61.5 cm³/mol. The van der Waals surface area contributed by atoms with Crippen LogP contribution < -0.4 is 5.32 Å². The molecule has 0 aromatic heterocycles. The average Bonchev–Trinajstić information content (AvgIpc) is 2.18. The summed E-state index contributed by atoms with van der Waals surface area (Å²) in [5.41, 5.74) is 1.01. The second-order valence-corrected chi connectivity index (χ2v) is 4.31. The zero-order valence-corrected chi connectivity index (χ0v) is 9.59. The minimum Gasteiger partial charge on any atom is -0.312 e. The molecule has 0 radical (unpaired) electrons. The van der Waals surface area contributed by atoms with Crippen molar-refractivity contribution in [2.24, 2.45) is 0 Å². The van der Waals surface area contributed by atoms with E-state index in [2.05, 4.69) is 11.6 Å². The lowest BCUT2D eigenvalue weighted by atomic mass is 10.2. The molecule has 0 aliphatic heterocycles. The molecule has 1 rings (SSSR count). The van der Waals surface area contributed by atoms with Crippen LogP contribution in [0.15, 0.2) is 18.2 Å². The van der Waals surface area contributed by atoms with Crippen LogP contribution in [0.3, 0.4) is 0 Å². The molecule has 0 fully saturated rings. The minimum atomic E-state index is -0.362. The molecule has 0 unspecified atom stereocenters. The summed E-state index contributed by atoms with van der Waals surface area (Å²) in [6.07, 6.45) is 2.07. The van der Waals surface area contributed by atoms with Crippen molar-refractivity contribution in [3.63, 3.8) is 0 Å². The van der Waals surface area contributed by atoms with E-state index in [4.69, 9.17) is 11.6 Å². The van der Waals surface area contributed by atoms with Gasteiger partial charge >= 0.3 is 0 Å². The van der Waals surface area contributed by atoms with E-state index in [-0.39, 0.29) is 10.8 Å². The van der Waals surface area contributed by atoms with Crippen molar-refractivity contribution in [2.45, 2.75) is 6.54 Å². The maximum atomic E-state index is 12.8. The number of thioether (sulfide) groups is 1. The maximum Gasteiger partial charge on any atom is 0.141 e. The van der Waals surface area contributed by atoms with E-state index in [1.165, 1.54) is 6.07 Å². The molecule has 0 amide bonds. The Labute approximate surface area is 93.0 Å². The lowest BCUT2D eigenvalue weighted by Gasteiger charge is -2.04. The second kappa shape index (κ2) is 6.27. The van der Waals surface area contributed by atoms with Gasteiger partial charge in [0.25, 0.3) is 0 Å². The standard InChI is InChI=1S/C10H13ClFNS/c1-14-5-4-13-7-8-2-3-10(12)9(11)6-8/h2-3,6,13H,4-5,7H2,1H3. The Morgan fingerprint density at radius 3 is 2.93 bits per heavy atom. The highest BCUT2D eigenvalue weighted by Gasteiger charge is 1.99. The van der Waals surface area contributed by atoms with Crippen LogP contribution in [0.1, 0.15) is 5.56 Å². The van der Waals surface area contributed by atoms with Gasteiger partial charge in [0.1, 0.15) is 5.82 Å².